The van der Waals surface area contributed by atoms with E-state index in [1.807, 2.05) is 6.92 Å². The number of nitrogens with one attached hydrogen (secondary N) is 1. The maximum atomic E-state index is 12.0. The molecule has 0 spiro atoms. The lowest BCUT2D eigenvalue weighted by atomic mass is 10.3. The molecule has 1 aromatic heterocycles. The molecule has 0 bridgehead atoms. The number of rotatable bonds is 3. The van der Waals surface area contributed by atoms with Crippen molar-refractivity contribution in [3.8, 4) is 5.75 Å². The average molecular weight is 264 g/mol. The van der Waals surface area contributed by atoms with Gasteiger partial charge in [0.2, 0.25) is 0 Å². The van der Waals surface area contributed by atoms with E-state index < -0.39 is 10.0 Å². The highest BCUT2D eigenvalue weighted by Gasteiger charge is 2.13. The SMILES string of the molecule is Cc1ccc(NS(=O)(=O)c2ccc(O)cc2)cn1. The first-order valence-electron chi connectivity index (χ1n) is 5.22. The van der Waals surface area contributed by atoms with Crippen molar-refractivity contribution in [1.82, 2.24) is 4.98 Å². The van der Waals surface area contributed by atoms with Gasteiger partial charge in [0.25, 0.3) is 10.0 Å². The van der Waals surface area contributed by atoms with Crippen LogP contribution in [0.25, 0.3) is 0 Å². The molecule has 0 saturated heterocycles. The van der Waals surface area contributed by atoms with E-state index in [4.69, 9.17) is 5.11 Å². The molecule has 1 heterocycles. The Labute approximate surface area is 105 Å². The maximum absolute atomic E-state index is 12.0. The Kier molecular flexibility index (Phi) is 3.20. The molecule has 2 aromatic rings. The third kappa shape index (κ3) is 2.78. The number of aryl methyl sites for hydroxylation is 1. The van der Waals surface area contributed by atoms with Crippen molar-refractivity contribution in [3.63, 3.8) is 0 Å². The zero-order chi connectivity index (χ0) is 13.2. The van der Waals surface area contributed by atoms with Gasteiger partial charge in [-0.05, 0) is 43.3 Å². The summed E-state index contributed by atoms with van der Waals surface area (Å²) >= 11 is 0. The van der Waals surface area contributed by atoms with Crippen molar-refractivity contribution in [2.24, 2.45) is 0 Å². The highest BCUT2D eigenvalue weighted by Crippen LogP contribution is 2.17. The molecule has 94 valence electrons. The van der Waals surface area contributed by atoms with Gasteiger partial charge in [0.05, 0.1) is 16.8 Å². The van der Waals surface area contributed by atoms with E-state index in [1.54, 1.807) is 12.1 Å². The Morgan fingerprint density at radius 1 is 1.11 bits per heavy atom. The molecule has 0 aliphatic rings. The molecule has 0 aliphatic heterocycles. The standard InChI is InChI=1S/C12H12N2O3S/c1-9-2-3-10(8-13-9)14-18(16,17)12-6-4-11(15)5-7-12/h2-8,14-15H,1H3. The number of pyridine rings is 1. The minimum absolute atomic E-state index is 0.0194. The third-order valence-electron chi connectivity index (χ3n) is 2.31. The molecule has 0 atom stereocenters. The van der Waals surface area contributed by atoms with Crippen LogP contribution in [0.5, 0.6) is 5.75 Å². The van der Waals surface area contributed by atoms with Crippen LogP contribution in [0.2, 0.25) is 0 Å². The molecule has 2 N–H and O–H groups in total. The van der Waals surface area contributed by atoms with E-state index in [-0.39, 0.29) is 10.6 Å². The summed E-state index contributed by atoms with van der Waals surface area (Å²) in [4.78, 5) is 4.09. The number of hydrogen-bond donors (Lipinski definition) is 2. The summed E-state index contributed by atoms with van der Waals surface area (Å²) in [5, 5.41) is 9.12. The fraction of sp³-hybridized carbons (Fsp3) is 0.0833. The fourth-order valence-electron chi connectivity index (χ4n) is 1.37. The predicted octanol–water partition coefficient (Wildman–Crippen LogP) is 1.90. The fourth-order valence-corrected chi connectivity index (χ4v) is 2.41. The molecule has 0 fully saturated rings. The Balaban J connectivity index is 2.27. The van der Waals surface area contributed by atoms with Crippen LogP contribution in [-0.4, -0.2) is 18.5 Å². The number of hydrogen-bond acceptors (Lipinski definition) is 4. The van der Waals surface area contributed by atoms with Crippen molar-refractivity contribution >= 4 is 15.7 Å². The van der Waals surface area contributed by atoms with E-state index in [0.29, 0.717) is 5.69 Å². The Hall–Kier alpha value is -2.08. The lowest BCUT2D eigenvalue weighted by Crippen LogP contribution is -2.12. The normalized spacial score (nSPS) is 11.2. The number of phenols is 1. The molecule has 0 radical (unpaired) electrons. The Morgan fingerprint density at radius 3 is 2.33 bits per heavy atom. The van der Waals surface area contributed by atoms with Crippen molar-refractivity contribution < 1.29 is 13.5 Å². The topological polar surface area (TPSA) is 79.3 Å². The van der Waals surface area contributed by atoms with Crippen LogP contribution in [0, 0.1) is 6.92 Å². The van der Waals surface area contributed by atoms with Crippen LogP contribution in [0.4, 0.5) is 5.69 Å². The van der Waals surface area contributed by atoms with Gasteiger partial charge in [-0.1, -0.05) is 0 Å². The lowest BCUT2D eigenvalue weighted by Gasteiger charge is -2.07. The number of benzene rings is 1. The summed E-state index contributed by atoms with van der Waals surface area (Å²) in [6.07, 6.45) is 1.45. The maximum Gasteiger partial charge on any atom is 0.261 e. The van der Waals surface area contributed by atoms with Gasteiger partial charge in [-0.3, -0.25) is 9.71 Å². The minimum Gasteiger partial charge on any atom is -0.508 e. The van der Waals surface area contributed by atoms with Crippen LogP contribution < -0.4 is 4.72 Å². The zero-order valence-electron chi connectivity index (χ0n) is 9.66. The van der Waals surface area contributed by atoms with Crippen LogP contribution in [0.15, 0.2) is 47.5 Å². The quantitative estimate of drug-likeness (QED) is 0.887. The summed E-state index contributed by atoms with van der Waals surface area (Å²) in [5.41, 5.74) is 1.20. The van der Waals surface area contributed by atoms with Gasteiger partial charge in [0.15, 0.2) is 0 Å². The summed E-state index contributed by atoms with van der Waals surface area (Å²) in [7, 11) is -3.64. The van der Waals surface area contributed by atoms with Crippen LogP contribution >= 0.6 is 0 Å². The number of aromatic hydroxyl groups is 1. The number of phenolic OH excluding ortho intramolecular Hbond substituents is 1. The molecular weight excluding hydrogens is 252 g/mol. The number of anilines is 1. The minimum atomic E-state index is -3.64. The molecule has 2 rings (SSSR count). The van der Waals surface area contributed by atoms with Crippen molar-refractivity contribution in [1.29, 1.82) is 0 Å². The second kappa shape index (κ2) is 4.66. The number of sulfonamides is 1. The van der Waals surface area contributed by atoms with Crippen LogP contribution in [-0.2, 0) is 10.0 Å². The van der Waals surface area contributed by atoms with Gasteiger partial charge in [-0.15, -0.1) is 0 Å². The largest absolute Gasteiger partial charge is 0.508 e. The van der Waals surface area contributed by atoms with Gasteiger partial charge in [-0.2, -0.15) is 0 Å². The van der Waals surface area contributed by atoms with Crippen molar-refractivity contribution in [2.45, 2.75) is 11.8 Å². The highest BCUT2D eigenvalue weighted by molar-refractivity contribution is 7.92. The molecule has 0 unspecified atom stereocenters. The van der Waals surface area contributed by atoms with Gasteiger partial charge in [0.1, 0.15) is 5.75 Å². The summed E-state index contributed by atoms with van der Waals surface area (Å²) < 4.78 is 26.4. The lowest BCUT2D eigenvalue weighted by molar-refractivity contribution is 0.475. The van der Waals surface area contributed by atoms with E-state index in [1.165, 1.54) is 30.5 Å². The van der Waals surface area contributed by atoms with E-state index in [0.717, 1.165) is 5.69 Å². The summed E-state index contributed by atoms with van der Waals surface area (Å²) in [6.45, 7) is 1.82. The molecule has 5 nitrogen and oxygen atoms in total. The number of nitrogens with zero attached hydrogens (tertiary/aromatic N) is 1. The zero-order valence-corrected chi connectivity index (χ0v) is 10.5. The van der Waals surface area contributed by atoms with Gasteiger partial charge in [0, 0.05) is 5.69 Å². The first kappa shape index (κ1) is 12.4. The van der Waals surface area contributed by atoms with E-state index in [2.05, 4.69) is 9.71 Å². The van der Waals surface area contributed by atoms with E-state index >= 15 is 0 Å². The first-order chi connectivity index (χ1) is 8.47. The second-order valence-corrected chi connectivity index (χ2v) is 5.47. The molecule has 0 amide bonds. The highest BCUT2D eigenvalue weighted by atomic mass is 32.2. The smallest absolute Gasteiger partial charge is 0.261 e. The van der Waals surface area contributed by atoms with Gasteiger partial charge < -0.3 is 5.11 Å². The molecule has 6 heteroatoms. The van der Waals surface area contributed by atoms with Gasteiger partial charge in [-0.25, -0.2) is 8.42 Å². The predicted molar refractivity (Wildman–Crippen MR) is 67.9 cm³/mol. The van der Waals surface area contributed by atoms with E-state index in [9.17, 15) is 8.42 Å². The molecule has 18 heavy (non-hydrogen) atoms. The van der Waals surface area contributed by atoms with Crippen LogP contribution in [0.1, 0.15) is 5.69 Å². The Morgan fingerprint density at radius 2 is 1.78 bits per heavy atom. The monoisotopic (exact) mass is 264 g/mol. The molecular formula is C12H12N2O3S. The summed E-state index contributed by atoms with van der Waals surface area (Å²) in [6, 6.07) is 8.66. The number of aromatic nitrogens is 1. The molecule has 0 saturated carbocycles. The Bertz CT molecular complexity index is 634. The second-order valence-electron chi connectivity index (χ2n) is 3.79. The first-order valence-corrected chi connectivity index (χ1v) is 6.70. The summed E-state index contributed by atoms with van der Waals surface area (Å²) in [5.74, 6) is 0.0194. The van der Waals surface area contributed by atoms with Gasteiger partial charge >= 0.3 is 0 Å². The molecule has 1 aromatic carbocycles. The molecule has 0 aliphatic carbocycles. The van der Waals surface area contributed by atoms with Crippen LogP contribution in [0.3, 0.4) is 0 Å². The third-order valence-corrected chi connectivity index (χ3v) is 3.71. The van der Waals surface area contributed by atoms with Crippen molar-refractivity contribution in [2.75, 3.05) is 4.72 Å². The van der Waals surface area contributed by atoms with Crippen molar-refractivity contribution in [3.05, 3.63) is 48.3 Å². The average Bonchev–Trinajstić information content (AvgIpc) is 2.32.